The van der Waals surface area contributed by atoms with E-state index in [4.69, 9.17) is 39.1 Å². The first kappa shape index (κ1) is 22.8. The lowest BCUT2D eigenvalue weighted by molar-refractivity contribution is 0.141. The van der Waals surface area contributed by atoms with E-state index in [0.29, 0.717) is 68.3 Å². The van der Waals surface area contributed by atoms with Gasteiger partial charge in [0.2, 0.25) is 0 Å². The van der Waals surface area contributed by atoms with Crippen LogP contribution in [-0.2, 0) is 6.61 Å². The lowest BCUT2D eigenvalue weighted by Gasteiger charge is -2.37. The first-order valence-electron chi connectivity index (χ1n) is 10.0. The van der Waals surface area contributed by atoms with Crippen LogP contribution in [0.5, 0.6) is 5.75 Å². The van der Waals surface area contributed by atoms with E-state index in [0.717, 1.165) is 0 Å². The number of hydrogen-bond acceptors (Lipinski definition) is 8. The summed E-state index contributed by atoms with van der Waals surface area (Å²) in [5, 5.41) is 28.6. The molecule has 0 spiro atoms. The highest BCUT2D eigenvalue weighted by molar-refractivity contribution is 6.36. The van der Waals surface area contributed by atoms with Crippen LogP contribution in [0.15, 0.2) is 36.7 Å². The summed E-state index contributed by atoms with van der Waals surface area (Å²) in [5.41, 5.74) is 9.09. The maximum absolute atomic E-state index is 9.55. The van der Waals surface area contributed by atoms with E-state index >= 15 is 0 Å². The molecule has 4 rings (SSSR count). The second-order valence-corrected chi connectivity index (χ2v) is 8.45. The summed E-state index contributed by atoms with van der Waals surface area (Å²) in [6.07, 6.45) is 2.63. The standard InChI is InChI=1S/C23H20Cl2N6O2/c1-12-21(25)18(19(24)8-29-12)11-33-16-2-3-20(27)17(5-16)22(28)14-4-13(6-26)23(30-7-14)31-9-15(32)10-31/h2-5,7-8,15,28,32H,9-11,27H2,1H3. The molecule has 0 aliphatic carbocycles. The fourth-order valence-electron chi connectivity index (χ4n) is 3.45. The number of aliphatic hydroxyl groups excluding tert-OH is 1. The molecule has 33 heavy (non-hydrogen) atoms. The predicted molar refractivity (Wildman–Crippen MR) is 127 cm³/mol. The van der Waals surface area contributed by atoms with Crippen molar-refractivity contribution in [2.45, 2.75) is 19.6 Å². The molecule has 0 bridgehead atoms. The molecule has 10 heteroatoms. The summed E-state index contributed by atoms with van der Waals surface area (Å²) in [6, 6.07) is 8.71. The molecule has 3 heterocycles. The summed E-state index contributed by atoms with van der Waals surface area (Å²) in [5.74, 6) is 0.969. The van der Waals surface area contributed by atoms with Gasteiger partial charge in [-0.1, -0.05) is 23.2 Å². The van der Waals surface area contributed by atoms with Gasteiger partial charge in [-0.05, 0) is 31.2 Å². The molecule has 1 aromatic carbocycles. The minimum Gasteiger partial charge on any atom is -0.489 e. The third kappa shape index (κ3) is 4.57. The number of benzene rings is 1. The van der Waals surface area contributed by atoms with Crippen molar-refractivity contribution in [1.82, 2.24) is 9.97 Å². The van der Waals surface area contributed by atoms with Gasteiger partial charge < -0.3 is 20.5 Å². The quantitative estimate of drug-likeness (QED) is 0.360. The minimum absolute atomic E-state index is 0.105. The van der Waals surface area contributed by atoms with Gasteiger partial charge in [-0.15, -0.1) is 0 Å². The molecule has 1 saturated heterocycles. The zero-order valence-corrected chi connectivity index (χ0v) is 19.2. The number of nitrogens with two attached hydrogens (primary N) is 1. The number of rotatable bonds is 6. The lowest BCUT2D eigenvalue weighted by Crippen LogP contribution is -2.51. The Balaban J connectivity index is 1.57. The zero-order valence-electron chi connectivity index (χ0n) is 17.6. The molecule has 0 saturated carbocycles. The lowest BCUT2D eigenvalue weighted by atomic mass is 10.00. The molecule has 0 radical (unpaired) electrons. The van der Waals surface area contributed by atoms with Gasteiger partial charge in [-0.25, -0.2) is 4.98 Å². The van der Waals surface area contributed by atoms with Gasteiger partial charge in [0.25, 0.3) is 0 Å². The fourth-order valence-corrected chi connectivity index (χ4v) is 3.90. The van der Waals surface area contributed by atoms with Crippen LogP contribution in [0, 0.1) is 23.7 Å². The van der Waals surface area contributed by atoms with Crippen LogP contribution in [-0.4, -0.2) is 40.0 Å². The molecule has 1 aliphatic rings. The van der Waals surface area contributed by atoms with Gasteiger partial charge in [-0.2, -0.15) is 5.26 Å². The van der Waals surface area contributed by atoms with Crippen LogP contribution in [0.2, 0.25) is 10.0 Å². The smallest absolute Gasteiger partial charge is 0.146 e. The normalized spacial score (nSPS) is 13.4. The second kappa shape index (κ2) is 9.24. The number of halogens is 2. The van der Waals surface area contributed by atoms with Crippen molar-refractivity contribution >= 4 is 40.4 Å². The number of nitrogen functional groups attached to an aromatic ring is 1. The summed E-state index contributed by atoms with van der Waals surface area (Å²) < 4.78 is 5.87. The van der Waals surface area contributed by atoms with Crippen LogP contribution in [0.25, 0.3) is 0 Å². The summed E-state index contributed by atoms with van der Waals surface area (Å²) in [4.78, 5) is 10.3. The average molecular weight is 483 g/mol. The van der Waals surface area contributed by atoms with E-state index < -0.39 is 6.10 Å². The number of aliphatic hydroxyl groups is 1. The van der Waals surface area contributed by atoms with Gasteiger partial charge >= 0.3 is 0 Å². The summed E-state index contributed by atoms with van der Waals surface area (Å²) in [6.45, 7) is 2.75. The van der Waals surface area contributed by atoms with Crippen molar-refractivity contribution in [3.8, 4) is 11.8 Å². The highest BCUT2D eigenvalue weighted by Gasteiger charge is 2.28. The Morgan fingerprint density at radius 1 is 1.30 bits per heavy atom. The molecule has 0 unspecified atom stereocenters. The van der Waals surface area contributed by atoms with Crippen molar-refractivity contribution in [2.24, 2.45) is 0 Å². The molecule has 2 aromatic heterocycles. The van der Waals surface area contributed by atoms with Crippen molar-refractivity contribution < 1.29 is 9.84 Å². The number of hydrogen-bond donors (Lipinski definition) is 3. The number of nitrogens with zero attached hydrogens (tertiary/aromatic N) is 4. The Morgan fingerprint density at radius 3 is 2.76 bits per heavy atom. The van der Waals surface area contributed by atoms with Crippen molar-refractivity contribution in [3.63, 3.8) is 0 Å². The van der Waals surface area contributed by atoms with Crippen molar-refractivity contribution in [3.05, 3.63) is 74.7 Å². The third-order valence-electron chi connectivity index (χ3n) is 5.36. The summed E-state index contributed by atoms with van der Waals surface area (Å²) in [7, 11) is 0. The molecular weight excluding hydrogens is 463 g/mol. The highest BCUT2D eigenvalue weighted by atomic mass is 35.5. The number of anilines is 2. The van der Waals surface area contributed by atoms with Crippen LogP contribution >= 0.6 is 23.2 Å². The van der Waals surface area contributed by atoms with E-state index in [1.165, 1.54) is 12.4 Å². The summed E-state index contributed by atoms with van der Waals surface area (Å²) >= 11 is 12.5. The minimum atomic E-state index is -0.417. The molecule has 0 atom stereocenters. The van der Waals surface area contributed by atoms with Gasteiger partial charge in [0.15, 0.2) is 0 Å². The first-order chi connectivity index (χ1) is 15.8. The third-order valence-corrected chi connectivity index (χ3v) is 6.18. The van der Waals surface area contributed by atoms with E-state index in [-0.39, 0.29) is 12.3 Å². The van der Waals surface area contributed by atoms with E-state index in [2.05, 4.69) is 16.0 Å². The number of aryl methyl sites for hydroxylation is 1. The van der Waals surface area contributed by atoms with E-state index in [1.54, 1.807) is 31.2 Å². The molecule has 3 aromatic rings. The fraction of sp³-hybridized carbons (Fsp3) is 0.217. The monoisotopic (exact) mass is 482 g/mol. The van der Waals surface area contributed by atoms with Gasteiger partial charge in [0.1, 0.15) is 24.2 Å². The largest absolute Gasteiger partial charge is 0.489 e. The van der Waals surface area contributed by atoms with Crippen molar-refractivity contribution in [2.75, 3.05) is 23.7 Å². The number of nitrogens with one attached hydrogen (secondary N) is 1. The van der Waals surface area contributed by atoms with Crippen LogP contribution in [0.3, 0.4) is 0 Å². The Bertz CT molecular complexity index is 1280. The first-order valence-corrected chi connectivity index (χ1v) is 10.8. The second-order valence-electron chi connectivity index (χ2n) is 7.66. The molecule has 0 amide bonds. The number of β-amino-alcohol motifs (C(OH)–C–C–N with tert-alkyl or cyclic N) is 1. The topological polar surface area (TPSA) is 132 Å². The maximum Gasteiger partial charge on any atom is 0.146 e. The maximum atomic E-state index is 9.55. The Kier molecular flexibility index (Phi) is 6.38. The number of nitriles is 1. The van der Waals surface area contributed by atoms with Crippen LogP contribution < -0.4 is 15.4 Å². The zero-order chi connectivity index (χ0) is 23.7. The SMILES string of the molecule is Cc1ncc(Cl)c(COc2ccc(N)c(C(=N)c3cnc(N4CC(O)C4)c(C#N)c3)c2)c1Cl. The molecule has 4 N–H and O–H groups in total. The predicted octanol–water partition coefficient (Wildman–Crippen LogP) is 3.72. The number of aromatic nitrogens is 2. The Hall–Kier alpha value is -3.38. The molecule has 8 nitrogen and oxygen atoms in total. The van der Waals surface area contributed by atoms with Gasteiger partial charge in [-0.3, -0.25) is 10.4 Å². The molecular formula is C23H20Cl2N6O2. The number of ether oxygens (including phenoxy) is 1. The average Bonchev–Trinajstić information content (AvgIpc) is 2.79. The van der Waals surface area contributed by atoms with Crippen LogP contribution in [0.1, 0.15) is 27.9 Å². The Labute approximate surface area is 200 Å². The molecule has 1 aliphatic heterocycles. The Morgan fingerprint density at radius 2 is 2.06 bits per heavy atom. The number of pyridine rings is 2. The van der Waals surface area contributed by atoms with E-state index in [1.807, 2.05) is 4.90 Å². The van der Waals surface area contributed by atoms with Crippen molar-refractivity contribution in [1.29, 1.82) is 10.7 Å². The molecule has 1 fully saturated rings. The molecule has 168 valence electrons. The van der Waals surface area contributed by atoms with E-state index in [9.17, 15) is 10.4 Å². The van der Waals surface area contributed by atoms with Crippen LogP contribution in [0.4, 0.5) is 11.5 Å². The van der Waals surface area contributed by atoms with Gasteiger partial charge in [0, 0.05) is 47.9 Å². The van der Waals surface area contributed by atoms with Gasteiger partial charge in [0.05, 0.1) is 33.1 Å². The highest BCUT2D eigenvalue weighted by Crippen LogP contribution is 2.30.